The van der Waals surface area contributed by atoms with Crippen molar-refractivity contribution >= 4 is 35.4 Å². The van der Waals surface area contributed by atoms with Crippen molar-refractivity contribution in [2.45, 2.75) is 44.6 Å². The maximum absolute atomic E-state index is 12.8. The zero-order valence-corrected chi connectivity index (χ0v) is 19.1. The van der Waals surface area contributed by atoms with Gasteiger partial charge in [-0.15, -0.1) is 0 Å². The number of rotatable bonds is 12. The smallest absolute Gasteiger partial charge is 0.252 e. The van der Waals surface area contributed by atoms with Crippen LogP contribution in [0.2, 0.25) is 0 Å². The first kappa shape index (κ1) is 24.9. The van der Waals surface area contributed by atoms with Crippen LogP contribution in [0.4, 0.5) is 0 Å². The third-order valence-electron chi connectivity index (χ3n) is 5.42. The third-order valence-corrected chi connectivity index (χ3v) is 5.42. The maximum atomic E-state index is 12.8. The van der Waals surface area contributed by atoms with Crippen LogP contribution < -0.4 is 16.1 Å². The van der Waals surface area contributed by atoms with Gasteiger partial charge in [-0.3, -0.25) is 19.6 Å². The van der Waals surface area contributed by atoms with E-state index in [1.807, 2.05) is 60.7 Å². The molecule has 3 rings (SSSR count). The van der Waals surface area contributed by atoms with E-state index in [-0.39, 0.29) is 24.3 Å². The van der Waals surface area contributed by atoms with Crippen LogP contribution in [-0.2, 0) is 14.4 Å². The van der Waals surface area contributed by atoms with Crippen LogP contribution in [0.1, 0.15) is 55.2 Å². The molecule has 1 aliphatic carbocycles. The Morgan fingerprint density at radius 2 is 1.62 bits per heavy atom. The normalized spacial score (nSPS) is 13.5. The van der Waals surface area contributed by atoms with Crippen molar-refractivity contribution in [2.75, 3.05) is 6.54 Å². The highest BCUT2D eigenvalue weighted by Gasteiger charge is 2.25. The Morgan fingerprint density at radius 1 is 0.912 bits per heavy atom. The van der Waals surface area contributed by atoms with Crippen LogP contribution in [-0.4, -0.2) is 35.5 Å². The number of hydrogen-bond acceptors (Lipinski definition) is 4. The first-order chi connectivity index (χ1) is 16.5. The molecule has 0 radical (unpaired) electrons. The summed E-state index contributed by atoms with van der Waals surface area (Å²) in [7, 11) is 0. The van der Waals surface area contributed by atoms with Gasteiger partial charge in [0.2, 0.25) is 11.8 Å². The van der Waals surface area contributed by atoms with Gasteiger partial charge in [0.15, 0.2) is 0 Å². The van der Waals surface area contributed by atoms with Gasteiger partial charge in [0.25, 0.3) is 5.91 Å². The summed E-state index contributed by atoms with van der Waals surface area (Å²) >= 11 is 0. The van der Waals surface area contributed by atoms with Crippen molar-refractivity contribution in [3.63, 3.8) is 0 Å². The Hall–Kier alpha value is -3.71. The summed E-state index contributed by atoms with van der Waals surface area (Å²) in [6.45, 7) is 0.527. The fourth-order valence-electron chi connectivity index (χ4n) is 3.34. The molecular formula is C27H31N3O4. The van der Waals surface area contributed by atoms with Gasteiger partial charge in [-0.1, -0.05) is 61.0 Å². The summed E-state index contributed by atoms with van der Waals surface area (Å²) < 4.78 is 0. The number of carbonyl (C=O) groups excluding carboxylic acids is 3. The lowest BCUT2D eigenvalue weighted by atomic mass is 10.0. The average molecular weight is 462 g/mol. The Balaban J connectivity index is 1.52. The summed E-state index contributed by atoms with van der Waals surface area (Å²) in [6.07, 6.45) is 9.66. The molecule has 0 aromatic heterocycles. The van der Waals surface area contributed by atoms with Crippen molar-refractivity contribution in [3.8, 4) is 0 Å². The Kier molecular flexibility index (Phi) is 9.61. The van der Waals surface area contributed by atoms with Crippen LogP contribution in [0.25, 0.3) is 17.7 Å². The van der Waals surface area contributed by atoms with Crippen LogP contribution in [0, 0.1) is 0 Å². The fourth-order valence-corrected chi connectivity index (χ4v) is 3.34. The van der Waals surface area contributed by atoms with Crippen LogP contribution in [0.3, 0.4) is 0 Å². The van der Waals surface area contributed by atoms with E-state index in [0.29, 0.717) is 18.5 Å². The predicted molar refractivity (Wildman–Crippen MR) is 132 cm³/mol. The molecule has 34 heavy (non-hydrogen) atoms. The molecule has 7 nitrogen and oxygen atoms in total. The molecule has 3 amide bonds. The Bertz CT molecular complexity index is 1030. The average Bonchev–Trinajstić information content (AvgIpc) is 3.68. The molecule has 2 aromatic rings. The first-order valence-electron chi connectivity index (χ1n) is 11.6. The van der Waals surface area contributed by atoms with Gasteiger partial charge >= 0.3 is 0 Å². The number of hydrogen-bond donors (Lipinski definition) is 4. The number of hydroxylamine groups is 1. The van der Waals surface area contributed by atoms with Gasteiger partial charge in [0.05, 0.1) is 0 Å². The van der Waals surface area contributed by atoms with Crippen LogP contribution >= 0.6 is 0 Å². The molecule has 0 aliphatic heterocycles. The minimum atomic E-state index is -0.397. The Morgan fingerprint density at radius 3 is 2.29 bits per heavy atom. The second-order valence-electron chi connectivity index (χ2n) is 8.31. The summed E-state index contributed by atoms with van der Waals surface area (Å²) in [4.78, 5) is 35.7. The monoisotopic (exact) mass is 461 g/mol. The van der Waals surface area contributed by atoms with Gasteiger partial charge in [-0.2, -0.15) is 0 Å². The van der Waals surface area contributed by atoms with Gasteiger partial charge in [0, 0.05) is 30.7 Å². The lowest BCUT2D eigenvalue weighted by Crippen LogP contribution is -2.26. The highest BCUT2D eigenvalue weighted by Crippen LogP contribution is 2.23. The van der Waals surface area contributed by atoms with E-state index < -0.39 is 5.91 Å². The van der Waals surface area contributed by atoms with E-state index in [2.05, 4.69) is 10.6 Å². The van der Waals surface area contributed by atoms with Crippen LogP contribution in [0.15, 0.2) is 60.7 Å². The fraction of sp³-hybridized carbons (Fsp3) is 0.296. The molecule has 0 heterocycles. The predicted octanol–water partition coefficient (Wildman–Crippen LogP) is 3.70. The molecule has 2 aromatic carbocycles. The molecule has 0 unspecified atom stereocenters. The van der Waals surface area contributed by atoms with Crippen molar-refractivity contribution in [1.82, 2.24) is 16.1 Å². The van der Waals surface area contributed by atoms with Gasteiger partial charge in [0.1, 0.15) is 0 Å². The van der Waals surface area contributed by atoms with E-state index in [1.165, 1.54) is 6.08 Å². The molecule has 0 saturated heterocycles. The third kappa shape index (κ3) is 8.67. The number of benzene rings is 2. The molecule has 0 atom stereocenters. The second-order valence-corrected chi connectivity index (χ2v) is 8.31. The number of amides is 3. The van der Waals surface area contributed by atoms with E-state index in [4.69, 9.17) is 5.21 Å². The summed E-state index contributed by atoms with van der Waals surface area (Å²) in [5.41, 5.74) is 4.89. The zero-order chi connectivity index (χ0) is 24.2. The molecule has 7 heteroatoms. The molecule has 1 saturated carbocycles. The topological polar surface area (TPSA) is 108 Å². The highest BCUT2D eigenvalue weighted by molar-refractivity contribution is 6.24. The second kappa shape index (κ2) is 13.1. The first-order valence-corrected chi connectivity index (χ1v) is 11.6. The minimum Gasteiger partial charge on any atom is -0.353 e. The SMILES string of the molecule is O=C(C=Cc1ccc(/C=C(/C(=O)NC2CC2)c2ccccc2)cc1)NCCCCCC(=O)NO. The Labute approximate surface area is 199 Å². The number of nitrogens with one attached hydrogen (secondary N) is 3. The van der Waals surface area contributed by atoms with E-state index >= 15 is 0 Å². The van der Waals surface area contributed by atoms with Gasteiger partial charge in [-0.05, 0) is 54.5 Å². The summed E-state index contributed by atoms with van der Waals surface area (Å²) in [6, 6.07) is 17.6. The summed E-state index contributed by atoms with van der Waals surface area (Å²) in [5, 5.41) is 14.3. The standard InChI is InChI=1S/C27H31N3O4/c31-25(28-18-6-2-5-9-26(32)30-34)17-14-20-10-12-21(13-11-20)19-24(22-7-3-1-4-8-22)27(33)29-23-15-16-23/h1,3-4,7-8,10-14,17,19,23,34H,2,5-6,9,15-16,18H2,(H,28,31)(H,29,33)(H,30,32)/b17-14?,24-19+. The van der Waals surface area contributed by atoms with E-state index in [1.54, 1.807) is 11.6 Å². The maximum Gasteiger partial charge on any atom is 0.252 e. The van der Waals surface area contributed by atoms with Gasteiger partial charge in [-0.25, -0.2) is 5.48 Å². The van der Waals surface area contributed by atoms with Crippen molar-refractivity contribution < 1.29 is 19.6 Å². The van der Waals surface area contributed by atoms with Crippen molar-refractivity contribution in [3.05, 3.63) is 77.4 Å². The largest absolute Gasteiger partial charge is 0.353 e. The highest BCUT2D eigenvalue weighted by atomic mass is 16.5. The van der Waals surface area contributed by atoms with Crippen molar-refractivity contribution in [2.24, 2.45) is 0 Å². The quantitative estimate of drug-likeness (QED) is 0.127. The number of unbranched alkanes of at least 4 members (excludes halogenated alkanes) is 2. The number of carbonyl (C=O) groups is 3. The lowest BCUT2D eigenvalue weighted by molar-refractivity contribution is -0.129. The lowest BCUT2D eigenvalue weighted by Gasteiger charge is -2.09. The molecule has 0 spiro atoms. The molecule has 0 bridgehead atoms. The van der Waals surface area contributed by atoms with E-state index in [9.17, 15) is 14.4 Å². The minimum absolute atomic E-state index is 0.0639. The molecule has 1 aliphatic rings. The molecule has 4 N–H and O–H groups in total. The molecular weight excluding hydrogens is 430 g/mol. The summed E-state index contributed by atoms with van der Waals surface area (Å²) in [5.74, 6) is -0.641. The zero-order valence-electron chi connectivity index (χ0n) is 19.1. The molecule has 1 fully saturated rings. The van der Waals surface area contributed by atoms with Crippen LogP contribution in [0.5, 0.6) is 0 Å². The van der Waals surface area contributed by atoms with Crippen molar-refractivity contribution in [1.29, 1.82) is 0 Å². The van der Waals surface area contributed by atoms with E-state index in [0.717, 1.165) is 42.4 Å². The molecule has 178 valence electrons. The van der Waals surface area contributed by atoms with Gasteiger partial charge < -0.3 is 10.6 Å².